The Balaban J connectivity index is 2.74. The summed E-state index contributed by atoms with van der Waals surface area (Å²) in [6, 6.07) is 3.55. The third-order valence-electron chi connectivity index (χ3n) is 2.16. The van der Waals surface area contributed by atoms with Crippen LogP contribution in [0.5, 0.6) is 0 Å². The normalized spacial score (nSPS) is 10.1. The number of halogens is 1. The number of carbonyl (C=O) groups excluding carboxylic acids is 1. The highest BCUT2D eigenvalue weighted by Crippen LogP contribution is 2.14. The van der Waals surface area contributed by atoms with Gasteiger partial charge in [-0.2, -0.15) is 0 Å². The molecular weight excluding hydrogens is 226 g/mol. The van der Waals surface area contributed by atoms with Crippen molar-refractivity contribution >= 4 is 23.3 Å². The van der Waals surface area contributed by atoms with E-state index in [1.807, 2.05) is 4.90 Å². The molecule has 0 fully saturated rings. The van der Waals surface area contributed by atoms with Crippen LogP contribution >= 0.6 is 11.6 Å². The van der Waals surface area contributed by atoms with E-state index in [0.29, 0.717) is 5.02 Å². The van der Waals surface area contributed by atoms with Gasteiger partial charge in [0.2, 0.25) is 5.91 Å². The topological polar surface area (TPSA) is 59.2 Å². The fourth-order valence-corrected chi connectivity index (χ4v) is 1.48. The smallest absolute Gasteiger partial charge is 0.236 e. The quantitative estimate of drug-likeness (QED) is 0.827. The van der Waals surface area contributed by atoms with Crippen LogP contribution < -0.4 is 10.6 Å². The lowest BCUT2D eigenvalue weighted by atomic mass is 10.3. The summed E-state index contributed by atoms with van der Waals surface area (Å²) in [6.07, 6.45) is 3.62. The summed E-state index contributed by atoms with van der Waals surface area (Å²) in [5, 5.41) is 0.582. The summed E-state index contributed by atoms with van der Waals surface area (Å²) >= 11 is 5.75. The molecule has 4 nitrogen and oxygen atoms in total. The summed E-state index contributed by atoms with van der Waals surface area (Å²) in [4.78, 5) is 17.0. The highest BCUT2D eigenvalue weighted by Gasteiger charge is 2.09. The average Bonchev–Trinajstić information content (AvgIpc) is 2.25. The maximum absolute atomic E-state index is 10.9. The number of hydrogen-bond donors (Lipinski definition) is 1. The lowest BCUT2D eigenvalue weighted by Crippen LogP contribution is -2.35. The molecule has 2 N–H and O–H groups in total. The minimum absolute atomic E-state index is 0.189. The van der Waals surface area contributed by atoms with Crippen molar-refractivity contribution in [1.82, 2.24) is 4.98 Å². The number of aromatic nitrogens is 1. The molecule has 0 aromatic carbocycles. The number of carbonyl (C=O) groups is 1. The molecule has 88 valence electrons. The number of pyridine rings is 1. The lowest BCUT2D eigenvalue weighted by molar-refractivity contribution is -0.116. The molecule has 5 heteroatoms. The number of nitrogens with two attached hydrogens (primary N) is 1. The van der Waals surface area contributed by atoms with E-state index in [2.05, 4.69) is 11.9 Å². The summed E-state index contributed by atoms with van der Waals surface area (Å²) < 4.78 is 0. The van der Waals surface area contributed by atoms with Crippen molar-refractivity contribution < 1.29 is 4.79 Å². The Hall–Kier alpha value is -1.29. The summed E-state index contributed by atoms with van der Waals surface area (Å²) in [5.74, 6) is 0.379. The van der Waals surface area contributed by atoms with Gasteiger partial charge < -0.3 is 10.6 Å². The molecule has 1 rings (SSSR count). The third kappa shape index (κ3) is 4.06. The summed E-state index contributed by atoms with van der Waals surface area (Å²) in [6.45, 7) is 3.06. The Morgan fingerprint density at radius 1 is 1.56 bits per heavy atom. The van der Waals surface area contributed by atoms with Crippen molar-refractivity contribution in [2.45, 2.75) is 19.8 Å². The molecule has 0 unspecified atom stereocenters. The third-order valence-corrected chi connectivity index (χ3v) is 2.39. The number of unbranched alkanes of at least 4 members (excludes halogenated alkanes) is 1. The number of amides is 1. The van der Waals surface area contributed by atoms with Gasteiger partial charge in [-0.3, -0.25) is 4.79 Å². The second kappa shape index (κ2) is 6.33. The van der Waals surface area contributed by atoms with E-state index in [4.69, 9.17) is 17.3 Å². The Kier molecular flexibility index (Phi) is 5.05. The minimum atomic E-state index is -0.354. The van der Waals surface area contributed by atoms with E-state index in [1.54, 1.807) is 18.3 Å². The second-order valence-corrected chi connectivity index (χ2v) is 4.01. The van der Waals surface area contributed by atoms with Crippen LogP contribution in [-0.4, -0.2) is 24.0 Å². The van der Waals surface area contributed by atoms with Crippen LogP contribution in [0.4, 0.5) is 5.82 Å². The first-order valence-corrected chi connectivity index (χ1v) is 5.66. The van der Waals surface area contributed by atoms with E-state index in [1.165, 1.54) is 0 Å². The van der Waals surface area contributed by atoms with Crippen LogP contribution in [0.1, 0.15) is 19.8 Å². The molecular formula is C11H16ClN3O. The predicted molar refractivity (Wildman–Crippen MR) is 65.6 cm³/mol. The van der Waals surface area contributed by atoms with Gasteiger partial charge >= 0.3 is 0 Å². The molecule has 0 aliphatic rings. The predicted octanol–water partition coefficient (Wildman–Crippen LogP) is 1.83. The van der Waals surface area contributed by atoms with E-state index in [-0.39, 0.29) is 12.5 Å². The Bertz CT molecular complexity index is 340. The molecule has 0 bridgehead atoms. The first-order chi connectivity index (χ1) is 7.63. The maximum Gasteiger partial charge on any atom is 0.236 e. The van der Waals surface area contributed by atoms with Gasteiger partial charge in [0.15, 0.2) is 0 Å². The van der Waals surface area contributed by atoms with E-state index in [0.717, 1.165) is 25.2 Å². The molecule has 1 aromatic rings. The average molecular weight is 242 g/mol. The number of nitrogens with zero attached hydrogens (tertiary/aromatic N) is 2. The lowest BCUT2D eigenvalue weighted by Gasteiger charge is -2.21. The number of rotatable bonds is 6. The van der Waals surface area contributed by atoms with Gasteiger partial charge in [0, 0.05) is 12.7 Å². The first-order valence-electron chi connectivity index (χ1n) is 5.28. The molecule has 0 spiro atoms. The van der Waals surface area contributed by atoms with Crippen LogP contribution in [0.15, 0.2) is 18.3 Å². The summed E-state index contributed by atoms with van der Waals surface area (Å²) in [7, 11) is 0. The number of hydrogen-bond acceptors (Lipinski definition) is 3. The van der Waals surface area contributed by atoms with Gasteiger partial charge in [0.1, 0.15) is 5.82 Å². The monoisotopic (exact) mass is 241 g/mol. The zero-order chi connectivity index (χ0) is 12.0. The van der Waals surface area contributed by atoms with Crippen LogP contribution in [0, 0.1) is 0 Å². The molecule has 0 saturated heterocycles. The van der Waals surface area contributed by atoms with Crippen molar-refractivity contribution in [1.29, 1.82) is 0 Å². The van der Waals surface area contributed by atoms with E-state index < -0.39 is 0 Å². The SMILES string of the molecule is CCCCN(CC(N)=O)c1ccc(Cl)cn1. The van der Waals surface area contributed by atoms with Gasteiger partial charge in [-0.1, -0.05) is 24.9 Å². The van der Waals surface area contributed by atoms with Crippen LogP contribution in [0.25, 0.3) is 0 Å². The second-order valence-electron chi connectivity index (χ2n) is 3.58. The van der Waals surface area contributed by atoms with E-state index in [9.17, 15) is 4.79 Å². The van der Waals surface area contributed by atoms with E-state index >= 15 is 0 Å². The van der Waals surface area contributed by atoms with Crippen molar-refractivity contribution in [2.24, 2.45) is 5.73 Å². The Morgan fingerprint density at radius 3 is 2.81 bits per heavy atom. The fraction of sp³-hybridized carbons (Fsp3) is 0.455. The van der Waals surface area contributed by atoms with Crippen LogP contribution in [-0.2, 0) is 4.79 Å². The van der Waals surface area contributed by atoms with Gasteiger partial charge in [-0.05, 0) is 18.6 Å². The molecule has 1 heterocycles. The van der Waals surface area contributed by atoms with Crippen LogP contribution in [0.3, 0.4) is 0 Å². The minimum Gasteiger partial charge on any atom is -0.368 e. The van der Waals surface area contributed by atoms with Crippen molar-refractivity contribution in [3.05, 3.63) is 23.4 Å². The highest BCUT2D eigenvalue weighted by atomic mass is 35.5. The van der Waals surface area contributed by atoms with Gasteiger partial charge in [0.05, 0.1) is 11.6 Å². The Labute approximate surface area is 100 Å². The summed E-state index contributed by atoms with van der Waals surface area (Å²) in [5.41, 5.74) is 5.20. The van der Waals surface area contributed by atoms with Gasteiger partial charge in [-0.25, -0.2) is 4.98 Å². The molecule has 0 aliphatic carbocycles. The standard InChI is InChI=1S/C11H16ClN3O/c1-2-3-6-15(8-10(13)16)11-5-4-9(12)7-14-11/h4-5,7H,2-3,6,8H2,1H3,(H2,13,16). The highest BCUT2D eigenvalue weighted by molar-refractivity contribution is 6.30. The van der Waals surface area contributed by atoms with Crippen molar-refractivity contribution in [2.75, 3.05) is 18.0 Å². The zero-order valence-electron chi connectivity index (χ0n) is 9.32. The first kappa shape index (κ1) is 12.8. The van der Waals surface area contributed by atoms with Crippen LogP contribution in [0.2, 0.25) is 5.02 Å². The molecule has 0 atom stereocenters. The molecule has 0 radical (unpaired) electrons. The molecule has 16 heavy (non-hydrogen) atoms. The number of anilines is 1. The van der Waals surface area contributed by atoms with Gasteiger partial charge in [0.25, 0.3) is 0 Å². The fourth-order valence-electron chi connectivity index (χ4n) is 1.37. The maximum atomic E-state index is 10.9. The Morgan fingerprint density at radius 2 is 2.31 bits per heavy atom. The van der Waals surface area contributed by atoms with Crippen molar-refractivity contribution in [3.63, 3.8) is 0 Å². The largest absolute Gasteiger partial charge is 0.368 e. The molecule has 0 aliphatic heterocycles. The zero-order valence-corrected chi connectivity index (χ0v) is 10.1. The van der Waals surface area contributed by atoms with Gasteiger partial charge in [-0.15, -0.1) is 0 Å². The van der Waals surface area contributed by atoms with Crippen molar-refractivity contribution in [3.8, 4) is 0 Å². The molecule has 0 saturated carbocycles. The molecule has 1 amide bonds. The number of primary amides is 1. The molecule has 1 aromatic heterocycles.